The van der Waals surface area contributed by atoms with Crippen molar-refractivity contribution in [3.63, 3.8) is 0 Å². The predicted octanol–water partition coefficient (Wildman–Crippen LogP) is 0.813. The molecule has 0 spiro atoms. The van der Waals surface area contributed by atoms with Crippen LogP contribution in [0.1, 0.15) is 6.92 Å². The highest BCUT2D eigenvalue weighted by atomic mass is 19.1. The molecule has 110 valence electrons. The molecule has 1 N–H and O–H groups in total. The zero-order valence-electron chi connectivity index (χ0n) is 11.3. The van der Waals surface area contributed by atoms with Gasteiger partial charge in [-0.1, -0.05) is 0 Å². The van der Waals surface area contributed by atoms with Gasteiger partial charge in [-0.15, -0.1) is 0 Å². The monoisotopic (exact) mass is 283 g/mol. The molecule has 1 aromatic carbocycles. The van der Waals surface area contributed by atoms with Crippen molar-refractivity contribution in [1.29, 1.82) is 0 Å². The van der Waals surface area contributed by atoms with E-state index in [1.54, 1.807) is 11.8 Å². The summed E-state index contributed by atoms with van der Waals surface area (Å²) in [6, 6.07) is 5.16. The number of carbonyl (C=O) groups excluding carboxylic acids is 1. The average Bonchev–Trinajstić information content (AvgIpc) is 2.48. The molecule has 0 saturated carbocycles. The minimum absolute atomic E-state index is 0.144. The Balaban J connectivity index is 1.98. The molecule has 0 bridgehead atoms. The molecule has 0 aromatic heterocycles. The van der Waals surface area contributed by atoms with Crippen LogP contribution in [0.25, 0.3) is 0 Å². The van der Waals surface area contributed by atoms with Crippen LogP contribution in [-0.4, -0.2) is 54.4 Å². The van der Waals surface area contributed by atoms with Crippen molar-refractivity contribution in [2.75, 3.05) is 26.4 Å². The molecule has 5 nitrogen and oxygen atoms in total. The molecule has 1 amide bonds. The van der Waals surface area contributed by atoms with E-state index in [1.807, 2.05) is 0 Å². The number of nitrogens with zero attached hydrogens (tertiary/aromatic N) is 1. The summed E-state index contributed by atoms with van der Waals surface area (Å²) < 4.78 is 23.5. The van der Waals surface area contributed by atoms with Crippen molar-refractivity contribution >= 4 is 5.91 Å². The molecule has 2 atom stereocenters. The highest BCUT2D eigenvalue weighted by Crippen LogP contribution is 2.15. The first-order valence-corrected chi connectivity index (χ1v) is 6.53. The second-order valence-electron chi connectivity index (χ2n) is 4.66. The van der Waals surface area contributed by atoms with E-state index in [4.69, 9.17) is 9.47 Å². The topological polar surface area (TPSA) is 59.0 Å². The van der Waals surface area contributed by atoms with E-state index < -0.39 is 6.10 Å². The van der Waals surface area contributed by atoms with Crippen molar-refractivity contribution < 1.29 is 23.8 Å². The highest BCUT2D eigenvalue weighted by molar-refractivity contribution is 5.81. The molecule has 2 unspecified atom stereocenters. The smallest absolute Gasteiger partial charge is 0.263 e. The zero-order valence-corrected chi connectivity index (χ0v) is 11.3. The number of ether oxygens (including phenoxy) is 2. The van der Waals surface area contributed by atoms with E-state index in [9.17, 15) is 14.3 Å². The normalized spacial score (nSPS) is 20.6. The lowest BCUT2D eigenvalue weighted by Gasteiger charge is -2.35. The largest absolute Gasteiger partial charge is 0.481 e. The Bertz CT molecular complexity index is 451. The van der Waals surface area contributed by atoms with Gasteiger partial charge in [0, 0.05) is 6.54 Å². The first kappa shape index (κ1) is 14.7. The number of rotatable bonds is 4. The summed E-state index contributed by atoms with van der Waals surface area (Å²) in [7, 11) is 0. The Morgan fingerprint density at radius 3 is 2.90 bits per heavy atom. The van der Waals surface area contributed by atoms with Crippen LogP contribution in [0.2, 0.25) is 0 Å². The van der Waals surface area contributed by atoms with Gasteiger partial charge in [-0.25, -0.2) is 4.39 Å². The van der Waals surface area contributed by atoms with E-state index in [0.29, 0.717) is 25.5 Å². The number of carbonyl (C=O) groups is 1. The second kappa shape index (κ2) is 6.67. The molecule has 1 aliphatic rings. The molecular weight excluding hydrogens is 265 g/mol. The van der Waals surface area contributed by atoms with Gasteiger partial charge in [0.15, 0.2) is 6.10 Å². The fourth-order valence-electron chi connectivity index (χ4n) is 2.10. The maximum atomic E-state index is 12.8. The number of benzene rings is 1. The van der Waals surface area contributed by atoms with Crippen LogP contribution in [0.3, 0.4) is 0 Å². The van der Waals surface area contributed by atoms with Crippen LogP contribution in [0.4, 0.5) is 4.39 Å². The molecule has 1 saturated heterocycles. The summed E-state index contributed by atoms with van der Waals surface area (Å²) in [5, 5.41) is 9.26. The second-order valence-corrected chi connectivity index (χ2v) is 4.66. The molecule has 6 heteroatoms. The van der Waals surface area contributed by atoms with Crippen molar-refractivity contribution in [2.24, 2.45) is 0 Å². The molecule has 0 aliphatic carbocycles. The zero-order chi connectivity index (χ0) is 14.5. The fourth-order valence-corrected chi connectivity index (χ4v) is 2.10. The number of hydrogen-bond donors (Lipinski definition) is 1. The van der Waals surface area contributed by atoms with E-state index >= 15 is 0 Å². The van der Waals surface area contributed by atoms with Gasteiger partial charge in [-0.05, 0) is 31.2 Å². The van der Waals surface area contributed by atoms with Gasteiger partial charge >= 0.3 is 0 Å². The predicted molar refractivity (Wildman–Crippen MR) is 69.9 cm³/mol. The minimum Gasteiger partial charge on any atom is -0.481 e. The molecule has 0 radical (unpaired) electrons. The maximum Gasteiger partial charge on any atom is 0.263 e. The number of hydrogen-bond acceptors (Lipinski definition) is 4. The summed E-state index contributed by atoms with van der Waals surface area (Å²) in [5.74, 6) is -0.136. The number of aliphatic hydroxyl groups excluding tert-OH is 1. The third kappa shape index (κ3) is 3.46. The van der Waals surface area contributed by atoms with Crippen LogP contribution < -0.4 is 4.74 Å². The number of aliphatic hydroxyl groups is 1. The minimum atomic E-state index is -0.701. The Morgan fingerprint density at radius 2 is 2.25 bits per heavy atom. The molecule has 1 aliphatic heterocycles. The summed E-state index contributed by atoms with van der Waals surface area (Å²) in [6.07, 6.45) is -0.701. The van der Waals surface area contributed by atoms with Crippen LogP contribution in [0.15, 0.2) is 24.3 Å². The lowest BCUT2D eigenvalue weighted by Crippen LogP contribution is -2.54. The van der Waals surface area contributed by atoms with E-state index in [1.165, 1.54) is 24.3 Å². The maximum absolute atomic E-state index is 12.8. The Morgan fingerprint density at radius 1 is 1.55 bits per heavy atom. The third-order valence-electron chi connectivity index (χ3n) is 3.20. The molecule has 2 rings (SSSR count). The Labute approximate surface area is 116 Å². The summed E-state index contributed by atoms with van der Waals surface area (Å²) in [6.45, 7) is 2.70. The van der Waals surface area contributed by atoms with E-state index in [2.05, 4.69) is 0 Å². The first-order valence-electron chi connectivity index (χ1n) is 6.53. The molecule has 1 aromatic rings. The van der Waals surface area contributed by atoms with Gasteiger partial charge < -0.3 is 19.5 Å². The summed E-state index contributed by atoms with van der Waals surface area (Å²) in [4.78, 5) is 13.9. The summed E-state index contributed by atoms with van der Waals surface area (Å²) >= 11 is 0. The van der Waals surface area contributed by atoms with Crippen molar-refractivity contribution in [3.05, 3.63) is 30.1 Å². The van der Waals surface area contributed by atoms with E-state index in [-0.39, 0.29) is 24.4 Å². The Kier molecular flexibility index (Phi) is 4.92. The summed E-state index contributed by atoms with van der Waals surface area (Å²) in [5.41, 5.74) is 0. The van der Waals surface area contributed by atoms with Gasteiger partial charge in [-0.2, -0.15) is 0 Å². The van der Waals surface area contributed by atoms with Crippen LogP contribution in [-0.2, 0) is 9.53 Å². The number of halogens is 1. The molecule has 20 heavy (non-hydrogen) atoms. The standard InChI is InChI=1S/C14H18FNO4/c1-10(20-13-4-2-11(15)3-5-13)14(18)16-6-7-19-9-12(16)8-17/h2-5,10,12,17H,6-9H2,1H3. The van der Waals surface area contributed by atoms with E-state index in [0.717, 1.165) is 0 Å². The van der Waals surface area contributed by atoms with Crippen LogP contribution in [0.5, 0.6) is 5.75 Å². The molecule has 1 fully saturated rings. The molecule has 1 heterocycles. The number of morpholine rings is 1. The van der Waals surface area contributed by atoms with Gasteiger partial charge in [0.1, 0.15) is 11.6 Å². The van der Waals surface area contributed by atoms with Gasteiger partial charge in [-0.3, -0.25) is 4.79 Å². The number of amides is 1. The van der Waals surface area contributed by atoms with Crippen molar-refractivity contribution in [2.45, 2.75) is 19.1 Å². The van der Waals surface area contributed by atoms with Crippen molar-refractivity contribution in [1.82, 2.24) is 4.90 Å². The fraction of sp³-hybridized carbons (Fsp3) is 0.500. The Hall–Kier alpha value is -1.66. The lowest BCUT2D eigenvalue weighted by molar-refractivity contribution is -0.148. The first-order chi connectivity index (χ1) is 9.61. The molecular formula is C14H18FNO4. The highest BCUT2D eigenvalue weighted by Gasteiger charge is 2.30. The van der Waals surface area contributed by atoms with Crippen molar-refractivity contribution in [3.8, 4) is 5.75 Å². The van der Waals surface area contributed by atoms with Crippen LogP contribution in [0, 0.1) is 5.82 Å². The average molecular weight is 283 g/mol. The third-order valence-corrected chi connectivity index (χ3v) is 3.20. The lowest BCUT2D eigenvalue weighted by atomic mass is 10.2. The van der Waals surface area contributed by atoms with Gasteiger partial charge in [0.05, 0.1) is 25.9 Å². The SMILES string of the molecule is CC(Oc1ccc(F)cc1)C(=O)N1CCOCC1CO. The van der Waals surface area contributed by atoms with Gasteiger partial charge in [0.2, 0.25) is 0 Å². The van der Waals surface area contributed by atoms with Gasteiger partial charge in [0.25, 0.3) is 5.91 Å². The quantitative estimate of drug-likeness (QED) is 0.888. The van der Waals surface area contributed by atoms with Crippen LogP contribution >= 0.6 is 0 Å².